The molecule has 1 N–H and O–H groups in total. The van der Waals surface area contributed by atoms with Gasteiger partial charge in [0.15, 0.2) is 0 Å². The van der Waals surface area contributed by atoms with Gasteiger partial charge < -0.3 is 5.32 Å². The van der Waals surface area contributed by atoms with Gasteiger partial charge in [-0.2, -0.15) is 5.26 Å². The zero-order chi connectivity index (χ0) is 25.9. The van der Waals surface area contributed by atoms with E-state index in [1.54, 1.807) is 41.1 Å². The number of halogens is 3. The summed E-state index contributed by atoms with van der Waals surface area (Å²) in [5.74, 6) is -0.355. The van der Waals surface area contributed by atoms with Gasteiger partial charge in [-0.1, -0.05) is 35.9 Å². The first-order chi connectivity index (χ1) is 17.9. The Kier molecular flexibility index (Phi) is 7.38. The number of hydrogen-bond donors (Lipinski definition) is 1. The molecule has 0 bridgehead atoms. The minimum absolute atomic E-state index is 0.235. The Hall–Kier alpha value is -3.51. The fourth-order valence-corrected chi connectivity index (χ4v) is 5.22. The number of carbonyl (C=O) groups excluding carboxylic acids is 1. The number of nitriles is 1. The van der Waals surface area contributed by atoms with Crippen LogP contribution in [0, 0.1) is 17.1 Å². The van der Waals surface area contributed by atoms with Crippen LogP contribution in [0.3, 0.4) is 0 Å². The van der Waals surface area contributed by atoms with Crippen LogP contribution in [0.15, 0.2) is 65.4 Å². The molecule has 0 aliphatic carbocycles. The maximum absolute atomic E-state index is 14.1. The minimum Gasteiger partial charge on any atom is -0.333 e. The average molecular weight is 579 g/mol. The van der Waals surface area contributed by atoms with E-state index in [1.807, 2.05) is 24.3 Å². The van der Waals surface area contributed by atoms with E-state index in [-0.39, 0.29) is 11.8 Å². The SMILES string of the molecule is N#Cc1ccc2c3c(n(C(=O)NCc4ccnc(Br)c4)c2c1)CCN(CC=Cc1ccc(Cl)cc1F)C3. The van der Waals surface area contributed by atoms with E-state index in [9.17, 15) is 14.4 Å². The molecule has 0 saturated carbocycles. The lowest BCUT2D eigenvalue weighted by Crippen LogP contribution is -2.34. The Balaban J connectivity index is 1.39. The molecule has 9 heteroatoms. The van der Waals surface area contributed by atoms with Crippen molar-refractivity contribution in [2.75, 3.05) is 13.1 Å². The van der Waals surface area contributed by atoms with Crippen LogP contribution in [-0.2, 0) is 19.5 Å². The Morgan fingerprint density at radius 2 is 2.11 bits per heavy atom. The fraction of sp³-hybridized carbons (Fsp3) is 0.179. The quantitative estimate of drug-likeness (QED) is 0.282. The van der Waals surface area contributed by atoms with E-state index in [2.05, 4.69) is 37.2 Å². The predicted molar refractivity (Wildman–Crippen MR) is 146 cm³/mol. The van der Waals surface area contributed by atoms with E-state index in [0.29, 0.717) is 46.8 Å². The van der Waals surface area contributed by atoms with Crippen molar-refractivity contribution in [3.63, 3.8) is 0 Å². The van der Waals surface area contributed by atoms with Gasteiger partial charge in [0.25, 0.3) is 0 Å². The summed E-state index contributed by atoms with van der Waals surface area (Å²) in [4.78, 5) is 19.8. The highest BCUT2D eigenvalue weighted by atomic mass is 79.9. The van der Waals surface area contributed by atoms with Crippen LogP contribution in [0.1, 0.15) is 27.9 Å². The van der Waals surface area contributed by atoms with Crippen LogP contribution in [-0.4, -0.2) is 33.6 Å². The highest BCUT2D eigenvalue weighted by Gasteiger charge is 2.26. The van der Waals surface area contributed by atoms with Crippen molar-refractivity contribution in [1.82, 2.24) is 19.8 Å². The monoisotopic (exact) mass is 577 g/mol. The summed E-state index contributed by atoms with van der Waals surface area (Å²) >= 11 is 9.20. The van der Waals surface area contributed by atoms with Gasteiger partial charge in [0, 0.05) is 60.5 Å². The van der Waals surface area contributed by atoms with Gasteiger partial charge in [0.1, 0.15) is 10.4 Å². The first kappa shape index (κ1) is 25.2. The van der Waals surface area contributed by atoms with Crippen molar-refractivity contribution in [1.29, 1.82) is 5.26 Å². The number of fused-ring (bicyclic) bond motifs is 3. The summed E-state index contributed by atoms with van der Waals surface area (Å²) in [6, 6.07) is 15.7. The standard InChI is InChI=1S/C28H22BrClFN5O/c29-27-13-19(7-9-33-27)16-34-28(37)36-25-8-11-35(10-1-2-20-4-5-21(30)14-24(20)31)17-23(25)22-6-3-18(15-32)12-26(22)36/h1-7,9,12-14H,8,10-11,16-17H2,(H,34,37). The van der Waals surface area contributed by atoms with Crippen molar-refractivity contribution in [2.45, 2.75) is 19.5 Å². The average Bonchev–Trinajstić information content (AvgIpc) is 3.21. The van der Waals surface area contributed by atoms with E-state index in [4.69, 9.17) is 11.6 Å². The Morgan fingerprint density at radius 1 is 1.24 bits per heavy atom. The van der Waals surface area contributed by atoms with Gasteiger partial charge in [-0.3, -0.25) is 9.47 Å². The highest BCUT2D eigenvalue weighted by Crippen LogP contribution is 2.31. The van der Waals surface area contributed by atoms with Crippen molar-refractivity contribution in [3.05, 3.63) is 104 Å². The predicted octanol–water partition coefficient (Wildman–Crippen LogP) is 6.29. The number of rotatable bonds is 5. The molecule has 2 aromatic carbocycles. The van der Waals surface area contributed by atoms with Crippen molar-refractivity contribution in [2.24, 2.45) is 0 Å². The van der Waals surface area contributed by atoms with Crippen molar-refractivity contribution >= 4 is 50.5 Å². The summed E-state index contributed by atoms with van der Waals surface area (Å²) in [5, 5.41) is 13.8. The van der Waals surface area contributed by atoms with Crippen LogP contribution < -0.4 is 5.32 Å². The number of carbonyl (C=O) groups is 1. The summed E-state index contributed by atoms with van der Waals surface area (Å²) in [6.07, 6.45) is 6.05. The molecular weight excluding hydrogens is 557 g/mol. The third-order valence-corrected chi connectivity index (χ3v) is 7.09. The normalized spacial score (nSPS) is 13.6. The van der Waals surface area contributed by atoms with Gasteiger partial charge in [-0.25, -0.2) is 14.2 Å². The largest absolute Gasteiger partial charge is 0.333 e. The summed E-state index contributed by atoms with van der Waals surface area (Å²) in [7, 11) is 0. The lowest BCUT2D eigenvalue weighted by molar-refractivity contribution is 0.240. The highest BCUT2D eigenvalue weighted by molar-refractivity contribution is 9.10. The summed E-state index contributed by atoms with van der Waals surface area (Å²) in [6.45, 7) is 2.37. The molecule has 0 saturated heterocycles. The number of benzene rings is 2. The zero-order valence-electron chi connectivity index (χ0n) is 19.7. The molecule has 5 rings (SSSR count). The maximum atomic E-state index is 14.1. The molecule has 0 atom stereocenters. The van der Waals surface area contributed by atoms with Crippen LogP contribution >= 0.6 is 27.5 Å². The van der Waals surface area contributed by atoms with Crippen LogP contribution in [0.5, 0.6) is 0 Å². The number of hydrogen-bond acceptors (Lipinski definition) is 4. The second kappa shape index (κ2) is 10.9. The second-order valence-corrected chi connectivity index (χ2v) is 10.1. The third-order valence-electron chi connectivity index (χ3n) is 6.42. The molecule has 0 unspecified atom stereocenters. The summed E-state index contributed by atoms with van der Waals surface area (Å²) in [5.41, 5.74) is 4.65. The molecule has 6 nitrogen and oxygen atoms in total. The second-order valence-electron chi connectivity index (χ2n) is 8.80. The van der Waals surface area contributed by atoms with Gasteiger partial charge in [-0.05, 0) is 63.5 Å². The molecule has 37 heavy (non-hydrogen) atoms. The number of nitrogens with zero attached hydrogens (tertiary/aromatic N) is 4. The molecular formula is C28H22BrClFN5O. The molecule has 186 valence electrons. The van der Waals surface area contributed by atoms with E-state index in [0.717, 1.165) is 34.3 Å². The molecule has 2 aromatic heterocycles. The Labute approximate surface area is 227 Å². The summed E-state index contributed by atoms with van der Waals surface area (Å²) < 4.78 is 16.5. The first-order valence-corrected chi connectivity index (χ1v) is 12.9. The van der Waals surface area contributed by atoms with Crippen molar-refractivity contribution in [3.8, 4) is 6.07 Å². The van der Waals surface area contributed by atoms with Crippen molar-refractivity contribution < 1.29 is 9.18 Å². The molecule has 0 radical (unpaired) electrons. The van der Waals surface area contributed by atoms with Gasteiger partial charge in [0.05, 0.1) is 17.1 Å². The molecule has 0 fully saturated rings. The molecule has 3 heterocycles. The van der Waals surface area contributed by atoms with Crippen LogP contribution in [0.25, 0.3) is 17.0 Å². The molecule has 1 amide bonds. The maximum Gasteiger partial charge on any atom is 0.326 e. The first-order valence-electron chi connectivity index (χ1n) is 11.7. The van der Waals surface area contributed by atoms with E-state index < -0.39 is 0 Å². The Morgan fingerprint density at radius 3 is 2.89 bits per heavy atom. The minimum atomic E-state index is -0.355. The third kappa shape index (κ3) is 5.44. The lowest BCUT2D eigenvalue weighted by atomic mass is 10.0. The van der Waals surface area contributed by atoms with Gasteiger partial charge in [0.2, 0.25) is 0 Å². The van der Waals surface area contributed by atoms with Crippen LogP contribution in [0.2, 0.25) is 5.02 Å². The van der Waals surface area contributed by atoms with Gasteiger partial charge in [-0.15, -0.1) is 0 Å². The van der Waals surface area contributed by atoms with E-state index >= 15 is 0 Å². The fourth-order valence-electron chi connectivity index (χ4n) is 4.65. The molecule has 1 aliphatic heterocycles. The smallest absolute Gasteiger partial charge is 0.326 e. The van der Waals surface area contributed by atoms with E-state index in [1.165, 1.54) is 6.07 Å². The number of nitrogens with one attached hydrogen (secondary N) is 1. The zero-order valence-corrected chi connectivity index (χ0v) is 22.1. The number of pyridine rings is 1. The number of aromatic nitrogens is 2. The van der Waals surface area contributed by atoms with Gasteiger partial charge >= 0.3 is 6.03 Å². The molecule has 0 spiro atoms. The lowest BCUT2D eigenvalue weighted by Gasteiger charge is -2.27. The molecule has 1 aliphatic rings. The topological polar surface area (TPSA) is 74.0 Å². The Bertz CT molecular complexity index is 1580. The molecule has 4 aromatic rings. The van der Waals surface area contributed by atoms with Crippen LogP contribution in [0.4, 0.5) is 9.18 Å². The number of amides is 1.